The number of unbranched alkanes of at least 4 members (excludes halogenated alkanes) is 15. The third-order valence-corrected chi connectivity index (χ3v) is 5.38. The normalized spacial score (nSPS) is 11.5. The first-order chi connectivity index (χ1) is 13.5. The fraction of sp³-hybridized carbons (Fsp3) is 0.880. The summed E-state index contributed by atoms with van der Waals surface area (Å²) >= 11 is 0. The predicted molar refractivity (Wildman–Crippen MR) is 123 cm³/mol. The van der Waals surface area contributed by atoms with E-state index < -0.39 is 0 Å². The molecule has 0 fully saturated rings. The van der Waals surface area contributed by atoms with Gasteiger partial charge in [-0.25, -0.2) is 4.79 Å². The minimum Gasteiger partial charge on any atom is -0.461 e. The summed E-state index contributed by atoms with van der Waals surface area (Å²) in [7, 11) is 0. The second-order valence-electron chi connectivity index (χ2n) is 8.93. The van der Waals surface area contributed by atoms with E-state index in [1.165, 1.54) is 109 Å². The molecule has 0 aliphatic carbocycles. The highest BCUT2D eigenvalue weighted by molar-refractivity contribution is 5.81. The lowest BCUT2D eigenvalue weighted by Gasteiger charge is -2.25. The Kier molecular flexibility index (Phi) is 18.9. The fourth-order valence-corrected chi connectivity index (χ4v) is 3.46. The molecule has 0 aromatic rings. The first-order valence-corrected chi connectivity index (χ1v) is 12.1. The van der Waals surface area contributed by atoms with Crippen LogP contribution in [0.25, 0.3) is 0 Å². The van der Waals surface area contributed by atoms with Gasteiger partial charge in [0.25, 0.3) is 0 Å². The molecular weight excluding hydrogens is 346 g/mol. The van der Waals surface area contributed by atoms with E-state index in [0.717, 1.165) is 6.54 Å². The van der Waals surface area contributed by atoms with Gasteiger partial charge in [-0.1, -0.05) is 110 Å². The van der Waals surface area contributed by atoms with Gasteiger partial charge in [-0.15, -0.1) is 0 Å². The number of esters is 1. The summed E-state index contributed by atoms with van der Waals surface area (Å²) in [6.45, 7) is 11.2. The molecule has 0 rings (SSSR count). The fourth-order valence-electron chi connectivity index (χ4n) is 3.46. The van der Waals surface area contributed by atoms with E-state index in [0.29, 0.717) is 6.61 Å². The summed E-state index contributed by atoms with van der Waals surface area (Å²) in [5, 5.41) is 3.48. The average Bonchev–Trinajstić information content (AvgIpc) is 2.68. The smallest absolute Gasteiger partial charge is 0.330 e. The molecule has 166 valence electrons. The Morgan fingerprint density at radius 3 is 1.57 bits per heavy atom. The zero-order valence-electron chi connectivity index (χ0n) is 19.3. The molecule has 0 radical (unpaired) electrons. The third kappa shape index (κ3) is 19.9. The molecule has 3 heteroatoms. The van der Waals surface area contributed by atoms with Gasteiger partial charge in [0.2, 0.25) is 0 Å². The highest BCUT2D eigenvalue weighted by Crippen LogP contribution is 2.13. The van der Waals surface area contributed by atoms with Gasteiger partial charge in [-0.3, -0.25) is 0 Å². The average molecular weight is 396 g/mol. The molecule has 0 heterocycles. The maximum atomic E-state index is 11.1. The first-order valence-electron chi connectivity index (χ1n) is 12.1. The molecule has 0 saturated heterocycles. The van der Waals surface area contributed by atoms with Crippen LogP contribution < -0.4 is 5.32 Å². The van der Waals surface area contributed by atoms with Gasteiger partial charge in [0.05, 0.1) is 0 Å². The summed E-state index contributed by atoms with van der Waals surface area (Å²) in [4.78, 5) is 11.1. The molecule has 0 spiro atoms. The number of hydrogen-bond acceptors (Lipinski definition) is 3. The number of nitrogens with one attached hydrogen (secondary N) is 1. The topological polar surface area (TPSA) is 38.3 Å². The predicted octanol–water partition coefficient (Wildman–Crippen LogP) is 7.35. The molecule has 0 aromatic carbocycles. The Morgan fingerprint density at radius 1 is 0.786 bits per heavy atom. The summed E-state index contributed by atoms with van der Waals surface area (Å²) in [5.41, 5.74) is -0.172. The van der Waals surface area contributed by atoms with Crippen molar-refractivity contribution in [3.63, 3.8) is 0 Å². The standard InChI is InChI=1S/C25H49NO2/c1-5-7-8-9-10-11-12-13-14-15-16-17-18-19-20-21-22-26-25(3,4)23-28-24(27)6-2/h6,26H,2,5,7-23H2,1,3-4H3. The highest BCUT2D eigenvalue weighted by atomic mass is 16.5. The van der Waals surface area contributed by atoms with Crippen molar-refractivity contribution in [3.8, 4) is 0 Å². The molecular formula is C25H49NO2. The third-order valence-electron chi connectivity index (χ3n) is 5.38. The second kappa shape index (κ2) is 19.5. The molecule has 3 nitrogen and oxygen atoms in total. The van der Waals surface area contributed by atoms with Crippen molar-refractivity contribution in [2.45, 2.75) is 129 Å². The molecule has 0 aliphatic rings. The van der Waals surface area contributed by atoms with Crippen molar-refractivity contribution in [1.29, 1.82) is 0 Å². The Labute approximate surface area is 176 Å². The van der Waals surface area contributed by atoms with Crippen LogP contribution in [0.5, 0.6) is 0 Å². The van der Waals surface area contributed by atoms with E-state index in [4.69, 9.17) is 4.74 Å². The van der Waals surface area contributed by atoms with Crippen LogP contribution in [0.3, 0.4) is 0 Å². The summed E-state index contributed by atoms with van der Waals surface area (Å²) in [6.07, 6.45) is 23.5. The van der Waals surface area contributed by atoms with E-state index in [-0.39, 0.29) is 11.5 Å². The summed E-state index contributed by atoms with van der Waals surface area (Å²) in [5.74, 6) is -0.350. The van der Waals surface area contributed by atoms with Crippen LogP contribution in [-0.2, 0) is 9.53 Å². The van der Waals surface area contributed by atoms with Crippen LogP contribution in [0.1, 0.15) is 124 Å². The van der Waals surface area contributed by atoms with E-state index >= 15 is 0 Å². The van der Waals surface area contributed by atoms with Gasteiger partial charge in [0, 0.05) is 11.6 Å². The van der Waals surface area contributed by atoms with E-state index in [1.807, 2.05) is 0 Å². The van der Waals surface area contributed by atoms with Crippen molar-refractivity contribution < 1.29 is 9.53 Å². The van der Waals surface area contributed by atoms with Crippen molar-refractivity contribution in [2.24, 2.45) is 0 Å². The van der Waals surface area contributed by atoms with Crippen molar-refractivity contribution >= 4 is 5.97 Å². The number of hydrogen-bond donors (Lipinski definition) is 1. The van der Waals surface area contributed by atoms with Crippen molar-refractivity contribution in [2.75, 3.05) is 13.2 Å². The first kappa shape index (κ1) is 27.2. The van der Waals surface area contributed by atoms with Crippen LogP contribution >= 0.6 is 0 Å². The van der Waals surface area contributed by atoms with Gasteiger partial charge in [0.1, 0.15) is 6.61 Å². The molecule has 0 aromatic heterocycles. The Bertz CT molecular complexity index is 366. The monoisotopic (exact) mass is 395 g/mol. The van der Waals surface area contributed by atoms with Crippen LogP contribution in [0.15, 0.2) is 12.7 Å². The highest BCUT2D eigenvalue weighted by Gasteiger charge is 2.18. The van der Waals surface area contributed by atoms with Crippen molar-refractivity contribution in [1.82, 2.24) is 5.32 Å². The molecule has 0 unspecified atom stereocenters. The summed E-state index contributed by atoms with van der Waals surface area (Å²) in [6, 6.07) is 0. The Morgan fingerprint density at radius 2 is 1.18 bits per heavy atom. The lowest BCUT2D eigenvalue weighted by molar-refractivity contribution is -0.139. The van der Waals surface area contributed by atoms with E-state index in [2.05, 4.69) is 32.7 Å². The number of carbonyl (C=O) groups excluding carboxylic acids is 1. The van der Waals surface area contributed by atoms with E-state index in [9.17, 15) is 4.79 Å². The van der Waals surface area contributed by atoms with Crippen LogP contribution in [0.4, 0.5) is 0 Å². The molecule has 28 heavy (non-hydrogen) atoms. The van der Waals surface area contributed by atoms with Crippen LogP contribution in [0, 0.1) is 0 Å². The zero-order chi connectivity index (χ0) is 20.9. The molecule has 0 aliphatic heterocycles. The molecule has 0 bridgehead atoms. The zero-order valence-corrected chi connectivity index (χ0v) is 19.3. The maximum Gasteiger partial charge on any atom is 0.330 e. The van der Waals surface area contributed by atoms with Crippen LogP contribution in [0.2, 0.25) is 0 Å². The van der Waals surface area contributed by atoms with Crippen molar-refractivity contribution in [3.05, 3.63) is 12.7 Å². The maximum absolute atomic E-state index is 11.1. The second-order valence-corrected chi connectivity index (χ2v) is 8.93. The van der Waals surface area contributed by atoms with Gasteiger partial charge < -0.3 is 10.1 Å². The number of rotatable bonds is 21. The summed E-state index contributed by atoms with van der Waals surface area (Å²) < 4.78 is 5.12. The molecule has 0 saturated carbocycles. The minimum absolute atomic E-state index is 0.172. The lowest BCUT2D eigenvalue weighted by atomic mass is 10.0. The van der Waals surface area contributed by atoms with Gasteiger partial charge in [0.15, 0.2) is 0 Å². The largest absolute Gasteiger partial charge is 0.461 e. The van der Waals surface area contributed by atoms with E-state index in [1.54, 1.807) is 0 Å². The number of ether oxygens (including phenoxy) is 1. The number of carbonyl (C=O) groups is 1. The Balaban J connectivity index is 3.25. The van der Waals surface area contributed by atoms with Gasteiger partial charge in [-0.05, 0) is 26.8 Å². The van der Waals surface area contributed by atoms with Gasteiger partial charge >= 0.3 is 5.97 Å². The lowest BCUT2D eigenvalue weighted by Crippen LogP contribution is -2.44. The molecule has 0 amide bonds. The van der Waals surface area contributed by atoms with Gasteiger partial charge in [-0.2, -0.15) is 0 Å². The minimum atomic E-state index is -0.350. The SMILES string of the molecule is C=CC(=O)OCC(C)(C)NCCCCCCCCCCCCCCCCCC. The van der Waals surface area contributed by atoms with Crippen LogP contribution in [-0.4, -0.2) is 24.7 Å². The quantitative estimate of drug-likeness (QED) is 0.125. The Hall–Kier alpha value is -0.830. The molecule has 0 atom stereocenters. The molecule has 1 N–H and O–H groups in total.